The van der Waals surface area contributed by atoms with Gasteiger partial charge in [-0.25, -0.2) is 4.98 Å². The zero-order valence-electron chi connectivity index (χ0n) is 18.9. The third kappa shape index (κ3) is 4.90. The molecule has 1 aliphatic heterocycles. The fraction of sp³-hybridized carbons (Fsp3) is 0.360. The maximum atomic E-state index is 5.54. The van der Waals surface area contributed by atoms with E-state index in [0.717, 1.165) is 54.2 Å². The fourth-order valence-electron chi connectivity index (χ4n) is 4.52. The molecular formula is C25H29N5O2S. The van der Waals surface area contributed by atoms with E-state index >= 15 is 0 Å². The van der Waals surface area contributed by atoms with Crippen LogP contribution in [0.25, 0.3) is 10.9 Å². The number of nitrogens with zero attached hydrogens (tertiary/aromatic N) is 2. The summed E-state index contributed by atoms with van der Waals surface area (Å²) in [6.45, 7) is 0.268. The lowest BCUT2D eigenvalue weighted by Gasteiger charge is -2.31. The second-order valence-corrected chi connectivity index (χ2v) is 9.21. The van der Waals surface area contributed by atoms with Crippen LogP contribution in [-0.2, 0) is 0 Å². The van der Waals surface area contributed by atoms with Crippen molar-refractivity contribution in [3.8, 4) is 11.5 Å². The predicted octanol–water partition coefficient (Wildman–Crippen LogP) is 4.74. The summed E-state index contributed by atoms with van der Waals surface area (Å²) in [6, 6.07) is 17.0. The molecule has 3 aromatic rings. The van der Waals surface area contributed by atoms with E-state index in [-0.39, 0.29) is 6.79 Å². The van der Waals surface area contributed by atoms with Crippen LogP contribution < -0.4 is 30.3 Å². The first-order valence-electron chi connectivity index (χ1n) is 11.4. The van der Waals surface area contributed by atoms with Crippen LogP contribution in [0.15, 0.2) is 48.5 Å². The Balaban J connectivity index is 1.15. The van der Waals surface area contributed by atoms with Gasteiger partial charge < -0.3 is 30.3 Å². The predicted molar refractivity (Wildman–Crippen MR) is 138 cm³/mol. The summed E-state index contributed by atoms with van der Waals surface area (Å²) in [5, 5.41) is 12.2. The Morgan fingerprint density at radius 1 is 0.970 bits per heavy atom. The molecule has 1 aliphatic carbocycles. The molecule has 172 valence electrons. The van der Waals surface area contributed by atoms with Gasteiger partial charge in [0.15, 0.2) is 16.6 Å². The quantitative estimate of drug-likeness (QED) is 0.469. The van der Waals surface area contributed by atoms with Gasteiger partial charge in [-0.1, -0.05) is 18.2 Å². The van der Waals surface area contributed by atoms with E-state index in [1.54, 1.807) is 0 Å². The van der Waals surface area contributed by atoms with Gasteiger partial charge in [-0.3, -0.25) is 0 Å². The van der Waals surface area contributed by atoms with Crippen LogP contribution in [0.3, 0.4) is 0 Å². The Kier molecular flexibility index (Phi) is 6.09. The number of rotatable bonds is 5. The number of ether oxygens (including phenoxy) is 2. The van der Waals surface area contributed by atoms with Crippen molar-refractivity contribution in [2.24, 2.45) is 0 Å². The molecule has 8 heteroatoms. The van der Waals surface area contributed by atoms with Gasteiger partial charge in [0.05, 0.1) is 5.52 Å². The van der Waals surface area contributed by atoms with E-state index < -0.39 is 0 Å². The lowest BCUT2D eigenvalue weighted by Crippen LogP contribution is -2.42. The van der Waals surface area contributed by atoms with Crippen LogP contribution >= 0.6 is 12.2 Å². The molecule has 0 radical (unpaired) electrons. The molecule has 0 amide bonds. The van der Waals surface area contributed by atoms with Crippen molar-refractivity contribution in [3.05, 3.63) is 48.5 Å². The van der Waals surface area contributed by atoms with Crippen LogP contribution in [0.2, 0.25) is 0 Å². The summed E-state index contributed by atoms with van der Waals surface area (Å²) in [5.41, 5.74) is 3.09. The fourth-order valence-corrected chi connectivity index (χ4v) is 4.80. The van der Waals surface area contributed by atoms with E-state index in [9.17, 15) is 0 Å². The smallest absolute Gasteiger partial charge is 0.231 e. The van der Waals surface area contributed by atoms with E-state index in [1.807, 2.05) is 24.3 Å². The van der Waals surface area contributed by atoms with Gasteiger partial charge in [0, 0.05) is 55.1 Å². The Bertz CT molecular complexity index is 1160. The highest BCUT2D eigenvalue weighted by Gasteiger charge is 2.22. The molecule has 1 fully saturated rings. The number of thiocarbonyl (C=S) groups is 1. The number of nitrogens with one attached hydrogen (secondary N) is 3. The monoisotopic (exact) mass is 463 g/mol. The highest BCUT2D eigenvalue weighted by Crippen LogP contribution is 2.34. The molecular weight excluding hydrogens is 434 g/mol. The van der Waals surface area contributed by atoms with Crippen molar-refractivity contribution in [1.82, 2.24) is 10.3 Å². The van der Waals surface area contributed by atoms with Gasteiger partial charge >= 0.3 is 0 Å². The summed E-state index contributed by atoms with van der Waals surface area (Å²) in [5.74, 6) is 2.45. The lowest BCUT2D eigenvalue weighted by molar-refractivity contribution is 0.174. The van der Waals surface area contributed by atoms with Crippen LogP contribution in [0.4, 0.5) is 17.2 Å². The molecule has 3 N–H and O–H groups in total. The van der Waals surface area contributed by atoms with Crippen molar-refractivity contribution >= 4 is 45.4 Å². The molecule has 0 unspecified atom stereocenters. The van der Waals surface area contributed by atoms with Crippen molar-refractivity contribution in [2.75, 3.05) is 36.4 Å². The molecule has 0 saturated heterocycles. The van der Waals surface area contributed by atoms with Crippen LogP contribution in [-0.4, -0.2) is 43.1 Å². The van der Waals surface area contributed by atoms with E-state index in [0.29, 0.717) is 17.2 Å². The minimum atomic E-state index is 0.268. The number of aromatic nitrogens is 1. The van der Waals surface area contributed by atoms with Crippen molar-refractivity contribution in [3.63, 3.8) is 0 Å². The molecule has 2 heterocycles. The lowest BCUT2D eigenvalue weighted by atomic mass is 9.91. The zero-order chi connectivity index (χ0) is 22.8. The average molecular weight is 464 g/mol. The number of fused-ring (bicyclic) bond motifs is 2. The third-order valence-corrected chi connectivity index (χ3v) is 6.44. The number of hydrogen-bond donors (Lipinski definition) is 3. The number of benzene rings is 2. The second kappa shape index (κ2) is 9.31. The molecule has 0 atom stereocenters. The van der Waals surface area contributed by atoms with Gasteiger partial charge in [0.1, 0.15) is 5.82 Å². The summed E-state index contributed by atoms with van der Waals surface area (Å²) >= 11 is 5.54. The summed E-state index contributed by atoms with van der Waals surface area (Å²) in [6.07, 6.45) is 4.23. The van der Waals surface area contributed by atoms with E-state index in [1.165, 1.54) is 11.1 Å². The van der Waals surface area contributed by atoms with Crippen LogP contribution in [0.1, 0.15) is 25.7 Å². The SMILES string of the molecule is CN(C)c1cc(N[C@H]2CC[C@@H](NC(=S)Nc3ccc4c(c3)OCO4)CC2)nc2ccccc12. The standard InChI is InChI=1S/C25H29N5O2S/c1-30(2)21-14-24(29-20-6-4-3-5-19(20)21)26-16-7-9-17(10-8-16)27-25(33)28-18-11-12-22-23(13-18)32-15-31-22/h3-6,11-14,16-17H,7-10,15H2,1-2H3,(H,26,29)(H2,27,28,33)/t16-,17+. The summed E-state index contributed by atoms with van der Waals surface area (Å²) in [7, 11) is 4.14. The number of pyridine rings is 1. The highest BCUT2D eigenvalue weighted by atomic mass is 32.1. The molecule has 33 heavy (non-hydrogen) atoms. The summed E-state index contributed by atoms with van der Waals surface area (Å²) < 4.78 is 10.8. The van der Waals surface area contributed by atoms with Gasteiger partial charge in [-0.2, -0.15) is 0 Å². The minimum Gasteiger partial charge on any atom is -0.454 e. The maximum absolute atomic E-state index is 5.54. The molecule has 7 nitrogen and oxygen atoms in total. The molecule has 2 aliphatic rings. The van der Waals surface area contributed by atoms with E-state index in [4.69, 9.17) is 26.7 Å². The molecule has 5 rings (SSSR count). The molecule has 1 saturated carbocycles. The highest BCUT2D eigenvalue weighted by molar-refractivity contribution is 7.80. The second-order valence-electron chi connectivity index (χ2n) is 8.80. The van der Waals surface area contributed by atoms with Gasteiger partial charge in [0.25, 0.3) is 0 Å². The van der Waals surface area contributed by atoms with Crippen LogP contribution in [0.5, 0.6) is 11.5 Å². The Morgan fingerprint density at radius 2 is 1.73 bits per heavy atom. The molecule has 0 bridgehead atoms. The molecule has 2 aromatic carbocycles. The Hall–Kier alpha value is -3.26. The topological polar surface area (TPSA) is 70.7 Å². The number of para-hydroxylation sites is 1. The average Bonchev–Trinajstić information content (AvgIpc) is 3.27. The first-order valence-corrected chi connectivity index (χ1v) is 11.8. The first kappa shape index (κ1) is 21.6. The first-order chi connectivity index (χ1) is 16.0. The summed E-state index contributed by atoms with van der Waals surface area (Å²) in [4.78, 5) is 6.99. The van der Waals surface area contributed by atoms with Gasteiger partial charge in [-0.15, -0.1) is 0 Å². The Morgan fingerprint density at radius 3 is 2.55 bits per heavy atom. The molecule has 0 spiro atoms. The van der Waals surface area contributed by atoms with E-state index in [2.05, 4.69) is 59.2 Å². The van der Waals surface area contributed by atoms with Crippen LogP contribution in [0, 0.1) is 0 Å². The minimum absolute atomic E-state index is 0.268. The van der Waals surface area contributed by atoms with Crippen molar-refractivity contribution in [2.45, 2.75) is 37.8 Å². The largest absolute Gasteiger partial charge is 0.454 e. The van der Waals surface area contributed by atoms with Crippen molar-refractivity contribution < 1.29 is 9.47 Å². The zero-order valence-corrected chi connectivity index (χ0v) is 19.7. The normalized spacial score (nSPS) is 19.2. The van der Waals surface area contributed by atoms with Gasteiger partial charge in [0.2, 0.25) is 6.79 Å². The number of hydrogen-bond acceptors (Lipinski definition) is 6. The van der Waals surface area contributed by atoms with Gasteiger partial charge in [-0.05, 0) is 56.1 Å². The Labute approximate surface area is 199 Å². The molecule has 1 aromatic heterocycles. The third-order valence-electron chi connectivity index (χ3n) is 6.22. The van der Waals surface area contributed by atoms with Crippen molar-refractivity contribution in [1.29, 1.82) is 0 Å². The maximum Gasteiger partial charge on any atom is 0.231 e. The number of anilines is 3.